The maximum atomic E-state index is 9.80. The number of aromatic nitrogens is 2. The van der Waals surface area contributed by atoms with Crippen LogP contribution in [-0.4, -0.2) is 28.8 Å². The summed E-state index contributed by atoms with van der Waals surface area (Å²) in [6, 6.07) is 15.9. The highest BCUT2D eigenvalue weighted by Crippen LogP contribution is 2.32. The second kappa shape index (κ2) is 7.65. The summed E-state index contributed by atoms with van der Waals surface area (Å²) in [6.07, 6.45) is 2.50. The molecule has 0 saturated heterocycles. The first-order valence-corrected chi connectivity index (χ1v) is 10.2. The van der Waals surface area contributed by atoms with Gasteiger partial charge in [0, 0.05) is 0 Å². The maximum absolute atomic E-state index is 9.80. The summed E-state index contributed by atoms with van der Waals surface area (Å²) in [7, 11) is 0. The molecule has 2 aromatic heterocycles. The lowest BCUT2D eigenvalue weighted by Gasteiger charge is -2.18. The highest BCUT2D eigenvalue weighted by atomic mass is 16.6. The van der Waals surface area contributed by atoms with E-state index in [2.05, 4.69) is 23.5 Å². The number of hydrogen-bond donors (Lipinski definition) is 1. The van der Waals surface area contributed by atoms with Crippen LogP contribution in [-0.2, 0) is 6.42 Å². The molecule has 3 heterocycles. The molecular weight excluding hydrogens is 390 g/mol. The fourth-order valence-corrected chi connectivity index (χ4v) is 4.04. The van der Waals surface area contributed by atoms with Gasteiger partial charge in [0.1, 0.15) is 25.1 Å². The normalized spacial score (nSPS) is 13.1. The molecule has 0 bridgehead atoms. The van der Waals surface area contributed by atoms with E-state index in [4.69, 9.17) is 14.5 Å². The molecule has 1 aliphatic heterocycles. The van der Waals surface area contributed by atoms with Gasteiger partial charge in [0.05, 0.1) is 22.8 Å². The van der Waals surface area contributed by atoms with Gasteiger partial charge in [-0.3, -0.25) is 9.83 Å². The van der Waals surface area contributed by atoms with Gasteiger partial charge in [0.15, 0.2) is 17.1 Å². The molecule has 1 aliphatic rings. The van der Waals surface area contributed by atoms with Crippen LogP contribution in [0.25, 0.3) is 16.7 Å². The van der Waals surface area contributed by atoms with Crippen molar-refractivity contribution >= 4 is 28.7 Å². The molecule has 2 aromatic carbocycles. The molecule has 0 radical (unpaired) electrons. The number of nitrogens with one attached hydrogen (secondary N) is 1. The van der Waals surface area contributed by atoms with Crippen LogP contribution in [0.2, 0.25) is 0 Å². The number of ether oxygens (including phenoxy) is 2. The number of nitrogens with zero attached hydrogens (tertiary/aromatic N) is 4. The van der Waals surface area contributed by atoms with Crippen molar-refractivity contribution in [1.29, 1.82) is 5.26 Å². The number of para-hydroxylation sites is 2. The van der Waals surface area contributed by atoms with Gasteiger partial charge in [-0.2, -0.15) is 10.4 Å². The SMILES string of the molecule is CCc1c(C)c(C#N)c2nc3ccccc3n2c1N/N=C\c1ccc2c(c1)OCCO2. The van der Waals surface area contributed by atoms with E-state index in [0.717, 1.165) is 51.5 Å². The molecule has 0 spiro atoms. The summed E-state index contributed by atoms with van der Waals surface area (Å²) in [5, 5.41) is 14.3. The van der Waals surface area contributed by atoms with Crippen molar-refractivity contribution in [2.24, 2.45) is 5.10 Å². The Morgan fingerprint density at radius 1 is 1.19 bits per heavy atom. The standard InChI is InChI=1S/C24H21N5O2/c1-3-17-15(2)18(13-25)23-27-19-6-4-5-7-20(19)29(23)24(17)28-26-14-16-8-9-21-22(12-16)31-11-10-30-21/h4-9,12,14,28H,3,10-11H2,1-2H3/b26-14-. The molecule has 0 saturated carbocycles. The van der Waals surface area contributed by atoms with Gasteiger partial charge in [-0.25, -0.2) is 4.98 Å². The lowest BCUT2D eigenvalue weighted by atomic mass is 10.0. The average Bonchev–Trinajstić information content (AvgIpc) is 3.18. The Balaban J connectivity index is 1.61. The number of benzene rings is 2. The van der Waals surface area contributed by atoms with Gasteiger partial charge >= 0.3 is 0 Å². The predicted octanol–water partition coefficient (Wildman–Crippen LogP) is 4.45. The van der Waals surface area contributed by atoms with E-state index in [1.54, 1.807) is 6.21 Å². The van der Waals surface area contributed by atoms with Crippen molar-refractivity contribution in [3.63, 3.8) is 0 Å². The van der Waals surface area contributed by atoms with Crippen molar-refractivity contribution in [2.75, 3.05) is 18.6 Å². The van der Waals surface area contributed by atoms with Crippen LogP contribution in [0.15, 0.2) is 47.6 Å². The molecular formula is C24H21N5O2. The van der Waals surface area contributed by atoms with E-state index >= 15 is 0 Å². The Kier molecular flexibility index (Phi) is 4.68. The highest BCUT2D eigenvalue weighted by Gasteiger charge is 2.19. The third kappa shape index (κ3) is 3.13. The van der Waals surface area contributed by atoms with Gasteiger partial charge in [0.2, 0.25) is 0 Å². The van der Waals surface area contributed by atoms with Crippen molar-refractivity contribution < 1.29 is 9.47 Å². The number of hydrogen-bond acceptors (Lipinski definition) is 6. The molecule has 0 amide bonds. The lowest BCUT2D eigenvalue weighted by molar-refractivity contribution is 0.171. The Morgan fingerprint density at radius 2 is 2.00 bits per heavy atom. The molecule has 5 rings (SSSR count). The van der Waals surface area contributed by atoms with E-state index in [1.807, 2.05) is 53.8 Å². The Labute approximate surface area is 179 Å². The van der Waals surface area contributed by atoms with Crippen LogP contribution in [0.3, 0.4) is 0 Å². The topological polar surface area (TPSA) is 83.9 Å². The number of hydrazone groups is 1. The molecule has 7 heteroatoms. The van der Waals surface area contributed by atoms with E-state index in [9.17, 15) is 5.26 Å². The van der Waals surface area contributed by atoms with Crippen molar-refractivity contribution in [2.45, 2.75) is 20.3 Å². The summed E-state index contributed by atoms with van der Waals surface area (Å²) in [5.74, 6) is 2.29. The number of nitriles is 1. The minimum absolute atomic E-state index is 0.544. The minimum Gasteiger partial charge on any atom is -0.486 e. The number of imidazole rings is 1. The first-order valence-electron chi connectivity index (χ1n) is 10.2. The first kappa shape index (κ1) is 18.9. The quantitative estimate of drug-likeness (QED) is 0.396. The Hall–Kier alpha value is -4.05. The maximum Gasteiger partial charge on any atom is 0.162 e. The molecule has 0 atom stereocenters. The Bertz CT molecular complexity index is 1380. The molecule has 1 N–H and O–H groups in total. The highest BCUT2D eigenvalue weighted by molar-refractivity contribution is 5.87. The Morgan fingerprint density at radius 3 is 2.81 bits per heavy atom. The van der Waals surface area contributed by atoms with Crippen LogP contribution < -0.4 is 14.9 Å². The van der Waals surface area contributed by atoms with Gasteiger partial charge in [-0.15, -0.1) is 0 Å². The summed E-state index contributed by atoms with van der Waals surface area (Å²) in [6.45, 7) is 5.15. The lowest BCUT2D eigenvalue weighted by Crippen LogP contribution is -2.15. The van der Waals surface area contributed by atoms with Crippen LogP contribution in [0, 0.1) is 18.3 Å². The number of pyridine rings is 1. The van der Waals surface area contributed by atoms with Gasteiger partial charge < -0.3 is 9.47 Å². The fourth-order valence-electron chi connectivity index (χ4n) is 4.04. The van der Waals surface area contributed by atoms with Crippen LogP contribution in [0.5, 0.6) is 11.5 Å². The monoisotopic (exact) mass is 411 g/mol. The van der Waals surface area contributed by atoms with Crippen molar-refractivity contribution in [1.82, 2.24) is 9.38 Å². The van der Waals surface area contributed by atoms with Crippen LogP contribution in [0.1, 0.15) is 29.2 Å². The molecule has 0 unspecified atom stereocenters. The molecule has 0 aliphatic carbocycles. The molecule has 31 heavy (non-hydrogen) atoms. The van der Waals surface area contributed by atoms with Crippen molar-refractivity contribution in [3.8, 4) is 17.6 Å². The zero-order valence-electron chi connectivity index (χ0n) is 17.3. The average molecular weight is 411 g/mol. The summed E-state index contributed by atoms with van der Waals surface area (Å²) in [5.41, 5.74) is 9.06. The summed E-state index contributed by atoms with van der Waals surface area (Å²) < 4.78 is 13.2. The van der Waals surface area contributed by atoms with E-state index in [1.165, 1.54) is 0 Å². The van der Waals surface area contributed by atoms with E-state index in [-0.39, 0.29) is 0 Å². The molecule has 7 nitrogen and oxygen atoms in total. The summed E-state index contributed by atoms with van der Waals surface area (Å²) in [4.78, 5) is 4.72. The van der Waals surface area contributed by atoms with E-state index < -0.39 is 0 Å². The first-order chi connectivity index (χ1) is 15.2. The van der Waals surface area contributed by atoms with Crippen molar-refractivity contribution in [3.05, 3.63) is 64.7 Å². The molecule has 0 fully saturated rings. The van der Waals surface area contributed by atoms with Gasteiger partial charge in [-0.05, 0) is 60.4 Å². The number of anilines is 1. The number of fused-ring (bicyclic) bond motifs is 4. The van der Waals surface area contributed by atoms with Crippen LogP contribution in [0.4, 0.5) is 5.82 Å². The fraction of sp³-hybridized carbons (Fsp3) is 0.208. The second-order valence-corrected chi connectivity index (χ2v) is 7.33. The zero-order chi connectivity index (χ0) is 21.4. The number of rotatable bonds is 4. The molecule has 4 aromatic rings. The van der Waals surface area contributed by atoms with Gasteiger partial charge in [-0.1, -0.05) is 19.1 Å². The predicted molar refractivity (Wildman–Crippen MR) is 120 cm³/mol. The van der Waals surface area contributed by atoms with Crippen LogP contribution >= 0.6 is 0 Å². The minimum atomic E-state index is 0.544. The zero-order valence-corrected chi connectivity index (χ0v) is 17.3. The third-order valence-corrected chi connectivity index (χ3v) is 5.54. The second-order valence-electron chi connectivity index (χ2n) is 7.33. The summed E-state index contributed by atoms with van der Waals surface area (Å²) >= 11 is 0. The van der Waals surface area contributed by atoms with E-state index in [0.29, 0.717) is 24.4 Å². The smallest absolute Gasteiger partial charge is 0.162 e. The molecule has 154 valence electrons. The third-order valence-electron chi connectivity index (χ3n) is 5.54. The van der Waals surface area contributed by atoms with Gasteiger partial charge in [0.25, 0.3) is 0 Å². The largest absolute Gasteiger partial charge is 0.486 e.